The van der Waals surface area contributed by atoms with Gasteiger partial charge in [0.2, 0.25) is 5.91 Å². The number of aromatic nitrogens is 2. The summed E-state index contributed by atoms with van der Waals surface area (Å²) in [5, 5.41) is 12.8. The number of nitrogens with zero attached hydrogens (tertiary/aromatic N) is 4. The molecule has 1 atom stereocenters. The zero-order valence-corrected chi connectivity index (χ0v) is 16.4. The number of ketones is 1. The first-order valence-corrected chi connectivity index (χ1v) is 9.92. The second-order valence-corrected chi connectivity index (χ2v) is 7.84. The van der Waals surface area contributed by atoms with Crippen LogP contribution < -0.4 is 10.2 Å². The Morgan fingerprint density at radius 3 is 2.69 bits per heavy atom. The van der Waals surface area contributed by atoms with Gasteiger partial charge in [-0.15, -0.1) is 0 Å². The van der Waals surface area contributed by atoms with Crippen molar-refractivity contribution < 1.29 is 9.59 Å². The van der Waals surface area contributed by atoms with Crippen LogP contribution in [-0.4, -0.2) is 28.2 Å². The van der Waals surface area contributed by atoms with Crippen molar-refractivity contribution in [1.29, 1.82) is 5.26 Å². The van der Waals surface area contributed by atoms with Crippen molar-refractivity contribution in [1.82, 2.24) is 9.97 Å². The van der Waals surface area contributed by atoms with E-state index < -0.39 is 5.41 Å². The van der Waals surface area contributed by atoms with Crippen LogP contribution in [0.2, 0.25) is 0 Å². The molecule has 0 unspecified atom stereocenters. The molecule has 2 aromatic rings. The Hall–Kier alpha value is -3.27. The zero-order valence-electron chi connectivity index (χ0n) is 16.4. The van der Waals surface area contributed by atoms with E-state index in [0.717, 1.165) is 24.1 Å². The molecule has 29 heavy (non-hydrogen) atoms. The molecule has 3 heterocycles. The van der Waals surface area contributed by atoms with E-state index in [0.29, 0.717) is 37.4 Å². The molecule has 1 amide bonds. The number of hydrogen-bond donors (Lipinski definition) is 1. The number of nitrogens with one attached hydrogen (secondary N) is 1. The highest BCUT2D eigenvalue weighted by Gasteiger charge is 2.56. The molecule has 1 N–H and O–H groups in total. The minimum Gasteiger partial charge on any atom is -0.325 e. The molecule has 4 rings (SSSR count). The number of hydrogen-bond acceptors (Lipinski definition) is 6. The van der Waals surface area contributed by atoms with Crippen LogP contribution in [0.25, 0.3) is 0 Å². The lowest BCUT2D eigenvalue weighted by atomic mass is 9.83. The van der Waals surface area contributed by atoms with E-state index in [1.807, 2.05) is 18.2 Å². The van der Waals surface area contributed by atoms with Crippen molar-refractivity contribution in [3.8, 4) is 6.07 Å². The maximum Gasteiger partial charge on any atom is 0.247 e. The van der Waals surface area contributed by atoms with Crippen LogP contribution in [0.1, 0.15) is 38.2 Å². The Labute approximate surface area is 169 Å². The van der Waals surface area contributed by atoms with E-state index in [2.05, 4.69) is 21.4 Å². The summed E-state index contributed by atoms with van der Waals surface area (Å²) in [6.45, 7) is 2.13. The summed E-state index contributed by atoms with van der Waals surface area (Å²) in [6, 6.07) is 9.70. The fourth-order valence-electron chi connectivity index (χ4n) is 3.94. The minimum absolute atomic E-state index is 0.0935. The van der Waals surface area contributed by atoms with Gasteiger partial charge in [0.25, 0.3) is 0 Å². The van der Waals surface area contributed by atoms with Crippen LogP contribution in [0.15, 0.2) is 36.7 Å². The number of anilines is 3. The van der Waals surface area contributed by atoms with Crippen molar-refractivity contribution in [2.75, 3.05) is 16.8 Å². The number of carbonyl (C=O) groups excluding carboxylic acids is 2. The number of aryl methyl sites for hydroxylation is 1. The average molecular weight is 389 g/mol. The Kier molecular flexibility index (Phi) is 5.01. The molecule has 1 saturated carbocycles. The SMILES string of the molecule is CC(=O)CCc1ccnc(Nc2cc(N3CC[C@@](C#N)(C4CC4)C3=O)ccn2)c1. The fraction of sp³-hybridized carbons (Fsp3) is 0.409. The van der Waals surface area contributed by atoms with Crippen molar-refractivity contribution >= 4 is 29.0 Å². The monoisotopic (exact) mass is 389 g/mol. The summed E-state index contributed by atoms with van der Waals surface area (Å²) < 4.78 is 0. The molecule has 0 spiro atoms. The van der Waals surface area contributed by atoms with Gasteiger partial charge < -0.3 is 15.0 Å². The Morgan fingerprint density at radius 1 is 1.28 bits per heavy atom. The van der Waals surface area contributed by atoms with Gasteiger partial charge in [0, 0.05) is 37.1 Å². The van der Waals surface area contributed by atoms with Gasteiger partial charge in [-0.25, -0.2) is 9.97 Å². The number of amides is 1. The molecule has 148 valence electrons. The number of carbonyl (C=O) groups is 2. The quantitative estimate of drug-likeness (QED) is 0.779. The van der Waals surface area contributed by atoms with Crippen LogP contribution >= 0.6 is 0 Å². The smallest absolute Gasteiger partial charge is 0.247 e. The molecule has 2 aliphatic rings. The molecule has 7 nitrogen and oxygen atoms in total. The lowest BCUT2D eigenvalue weighted by Crippen LogP contribution is -2.35. The normalized spacial score (nSPS) is 21.1. The molecular formula is C22H23N5O2. The van der Waals surface area contributed by atoms with Crippen LogP contribution in [0.4, 0.5) is 17.3 Å². The molecule has 1 saturated heterocycles. The number of nitriles is 1. The molecule has 2 fully saturated rings. The average Bonchev–Trinajstić information content (AvgIpc) is 3.51. The first-order valence-electron chi connectivity index (χ1n) is 9.92. The van der Waals surface area contributed by atoms with E-state index in [1.165, 1.54) is 0 Å². The van der Waals surface area contributed by atoms with Gasteiger partial charge in [0.15, 0.2) is 0 Å². The first-order chi connectivity index (χ1) is 14.0. The third-order valence-corrected chi connectivity index (χ3v) is 5.73. The van der Waals surface area contributed by atoms with Gasteiger partial charge in [-0.2, -0.15) is 5.26 Å². The topological polar surface area (TPSA) is 99.0 Å². The summed E-state index contributed by atoms with van der Waals surface area (Å²) >= 11 is 0. The zero-order chi connectivity index (χ0) is 20.4. The second kappa shape index (κ2) is 7.63. The van der Waals surface area contributed by atoms with Gasteiger partial charge >= 0.3 is 0 Å². The van der Waals surface area contributed by atoms with Crippen LogP contribution in [0.5, 0.6) is 0 Å². The maximum atomic E-state index is 13.0. The maximum absolute atomic E-state index is 13.0. The minimum atomic E-state index is -0.858. The standard InChI is InChI=1S/C22H23N5O2/c1-15(28)2-3-16-6-9-24-19(12-16)26-20-13-18(7-10-25-20)27-11-8-22(14-23,21(27)29)17-4-5-17/h6-7,9-10,12-13,17H,2-5,8,11H2,1H3,(H,24,25,26)/t22-/m1/s1. The summed E-state index contributed by atoms with van der Waals surface area (Å²) in [7, 11) is 0. The largest absolute Gasteiger partial charge is 0.325 e. The predicted octanol–water partition coefficient (Wildman–Crippen LogP) is 3.40. The van der Waals surface area contributed by atoms with Crippen LogP contribution in [-0.2, 0) is 16.0 Å². The van der Waals surface area contributed by atoms with Gasteiger partial charge in [-0.1, -0.05) is 0 Å². The van der Waals surface area contributed by atoms with E-state index in [4.69, 9.17) is 0 Å². The highest BCUT2D eigenvalue weighted by molar-refractivity contribution is 6.02. The summed E-state index contributed by atoms with van der Waals surface area (Å²) in [5.41, 5.74) is 0.897. The van der Waals surface area contributed by atoms with E-state index in [9.17, 15) is 14.9 Å². The molecule has 0 aromatic carbocycles. The van der Waals surface area contributed by atoms with E-state index in [-0.39, 0.29) is 17.6 Å². The molecule has 1 aliphatic carbocycles. The van der Waals surface area contributed by atoms with Crippen molar-refractivity contribution in [2.24, 2.45) is 11.3 Å². The van der Waals surface area contributed by atoms with E-state index in [1.54, 1.807) is 30.3 Å². The highest BCUT2D eigenvalue weighted by Crippen LogP contribution is 2.51. The van der Waals surface area contributed by atoms with Gasteiger partial charge in [-0.05, 0) is 62.3 Å². The molecule has 1 aliphatic heterocycles. The highest BCUT2D eigenvalue weighted by atomic mass is 16.2. The Balaban J connectivity index is 1.50. The molecule has 2 aromatic heterocycles. The van der Waals surface area contributed by atoms with Gasteiger partial charge in [-0.3, -0.25) is 4.79 Å². The Morgan fingerprint density at radius 2 is 2.00 bits per heavy atom. The number of pyridine rings is 2. The summed E-state index contributed by atoms with van der Waals surface area (Å²) in [6.07, 6.45) is 7.01. The second-order valence-electron chi connectivity index (χ2n) is 7.84. The number of rotatable bonds is 7. The van der Waals surface area contributed by atoms with Crippen LogP contribution in [0.3, 0.4) is 0 Å². The summed E-state index contributed by atoms with van der Waals surface area (Å²) in [4.78, 5) is 34.5. The van der Waals surface area contributed by atoms with Gasteiger partial charge in [0.1, 0.15) is 22.8 Å². The molecule has 0 bridgehead atoms. The lowest BCUT2D eigenvalue weighted by molar-refractivity contribution is -0.123. The number of Topliss-reactive ketones (excluding diaryl/α,β-unsaturated/α-hetero) is 1. The van der Waals surface area contributed by atoms with Gasteiger partial charge in [0.05, 0.1) is 6.07 Å². The summed E-state index contributed by atoms with van der Waals surface area (Å²) in [5.74, 6) is 1.47. The molecule has 7 heteroatoms. The third kappa shape index (κ3) is 3.83. The molecular weight excluding hydrogens is 366 g/mol. The van der Waals surface area contributed by atoms with E-state index >= 15 is 0 Å². The van der Waals surface area contributed by atoms with Crippen molar-refractivity contribution in [3.05, 3.63) is 42.2 Å². The van der Waals surface area contributed by atoms with Crippen molar-refractivity contribution in [2.45, 2.75) is 39.0 Å². The molecule has 0 radical (unpaired) electrons. The first kappa shape index (κ1) is 19.1. The fourth-order valence-corrected chi connectivity index (χ4v) is 3.94. The predicted molar refractivity (Wildman–Crippen MR) is 108 cm³/mol. The Bertz CT molecular complexity index is 995. The van der Waals surface area contributed by atoms with Crippen molar-refractivity contribution in [3.63, 3.8) is 0 Å². The third-order valence-electron chi connectivity index (χ3n) is 5.73. The lowest BCUT2D eigenvalue weighted by Gasteiger charge is -2.21. The van der Waals surface area contributed by atoms with Crippen LogP contribution in [0, 0.1) is 22.7 Å².